The summed E-state index contributed by atoms with van der Waals surface area (Å²) in [5.74, 6) is -0.980. The van der Waals surface area contributed by atoms with Crippen LogP contribution in [-0.2, 0) is 4.79 Å². The molecule has 0 aliphatic carbocycles. The predicted molar refractivity (Wildman–Crippen MR) is 77.8 cm³/mol. The topological polar surface area (TPSA) is 81.7 Å². The fourth-order valence-electron chi connectivity index (χ4n) is 2.48. The van der Waals surface area contributed by atoms with E-state index in [1.807, 2.05) is 6.92 Å². The average molecular weight is 285 g/mol. The number of likely N-dealkylation sites (tertiary alicyclic amines) is 1. The van der Waals surface area contributed by atoms with Gasteiger partial charge in [0.25, 0.3) is 0 Å². The van der Waals surface area contributed by atoms with E-state index in [1.165, 1.54) is 19.3 Å². The summed E-state index contributed by atoms with van der Waals surface area (Å²) in [6.07, 6.45) is 4.89. The van der Waals surface area contributed by atoms with Gasteiger partial charge in [0, 0.05) is 12.6 Å². The molecule has 0 spiro atoms. The molecular formula is C14H27N3O3. The molecule has 1 fully saturated rings. The molecule has 6 heteroatoms. The Balaban J connectivity index is 2.28. The van der Waals surface area contributed by atoms with Crippen molar-refractivity contribution < 1.29 is 14.7 Å². The number of carboxylic acid groups (broad SMARTS) is 1. The zero-order valence-corrected chi connectivity index (χ0v) is 12.5. The Morgan fingerprint density at radius 2 is 1.90 bits per heavy atom. The lowest BCUT2D eigenvalue weighted by atomic mass is 10.1. The number of amides is 2. The lowest BCUT2D eigenvalue weighted by Gasteiger charge is -2.32. The van der Waals surface area contributed by atoms with E-state index in [2.05, 4.69) is 22.5 Å². The summed E-state index contributed by atoms with van der Waals surface area (Å²) >= 11 is 0. The van der Waals surface area contributed by atoms with Crippen molar-refractivity contribution in [3.05, 3.63) is 0 Å². The van der Waals surface area contributed by atoms with E-state index >= 15 is 0 Å². The van der Waals surface area contributed by atoms with Crippen LogP contribution in [0.25, 0.3) is 0 Å². The van der Waals surface area contributed by atoms with Crippen molar-refractivity contribution in [1.29, 1.82) is 0 Å². The molecule has 0 aromatic carbocycles. The summed E-state index contributed by atoms with van der Waals surface area (Å²) in [5.41, 5.74) is 0. The van der Waals surface area contributed by atoms with Gasteiger partial charge < -0.3 is 15.7 Å². The third-order valence-electron chi connectivity index (χ3n) is 3.75. The molecule has 20 heavy (non-hydrogen) atoms. The molecule has 1 rings (SSSR count). The van der Waals surface area contributed by atoms with E-state index in [0.717, 1.165) is 19.5 Å². The van der Waals surface area contributed by atoms with Crippen LogP contribution in [0.3, 0.4) is 0 Å². The third-order valence-corrected chi connectivity index (χ3v) is 3.75. The molecule has 6 nitrogen and oxygen atoms in total. The number of carbonyl (C=O) groups excluding carboxylic acids is 1. The highest BCUT2D eigenvalue weighted by molar-refractivity contribution is 5.82. The van der Waals surface area contributed by atoms with Gasteiger partial charge >= 0.3 is 12.0 Å². The first kappa shape index (κ1) is 16.8. The summed E-state index contributed by atoms with van der Waals surface area (Å²) in [7, 11) is 0. The van der Waals surface area contributed by atoms with E-state index in [4.69, 9.17) is 5.11 Å². The second-order valence-corrected chi connectivity index (χ2v) is 5.48. The van der Waals surface area contributed by atoms with Gasteiger partial charge in [0.15, 0.2) is 0 Å². The monoisotopic (exact) mass is 285 g/mol. The van der Waals surface area contributed by atoms with Gasteiger partial charge in [-0.2, -0.15) is 0 Å². The molecule has 0 radical (unpaired) electrons. The van der Waals surface area contributed by atoms with Gasteiger partial charge in [0.05, 0.1) is 0 Å². The fourth-order valence-corrected chi connectivity index (χ4v) is 2.48. The van der Waals surface area contributed by atoms with Crippen molar-refractivity contribution in [2.75, 3.05) is 19.6 Å². The molecule has 0 saturated carbocycles. The normalized spacial score (nSPS) is 19.1. The Labute approximate surface area is 120 Å². The molecule has 1 heterocycles. The molecule has 2 amide bonds. The molecule has 116 valence electrons. The molecule has 2 atom stereocenters. The number of piperidine rings is 1. The van der Waals surface area contributed by atoms with Crippen LogP contribution in [0.15, 0.2) is 0 Å². The molecule has 1 aliphatic heterocycles. The Bertz CT molecular complexity index is 317. The fraction of sp³-hybridized carbons (Fsp3) is 0.857. The summed E-state index contributed by atoms with van der Waals surface area (Å²) in [6.45, 7) is 6.70. The Morgan fingerprint density at radius 3 is 2.45 bits per heavy atom. The third kappa shape index (κ3) is 5.77. The standard InChI is InChI=1S/C14H27N3O3/c1-3-7-12(13(18)19)16-14(20)15-10-11(2)17-8-5-4-6-9-17/h11-12H,3-10H2,1-2H3,(H,18,19)(H2,15,16,20). The highest BCUT2D eigenvalue weighted by atomic mass is 16.4. The number of hydrogen-bond donors (Lipinski definition) is 3. The van der Waals surface area contributed by atoms with Crippen LogP contribution in [0.1, 0.15) is 46.0 Å². The molecule has 3 N–H and O–H groups in total. The van der Waals surface area contributed by atoms with Gasteiger partial charge in [0.1, 0.15) is 6.04 Å². The van der Waals surface area contributed by atoms with E-state index in [0.29, 0.717) is 13.0 Å². The van der Waals surface area contributed by atoms with Crippen molar-refractivity contribution in [2.24, 2.45) is 0 Å². The van der Waals surface area contributed by atoms with Crippen LogP contribution >= 0.6 is 0 Å². The summed E-state index contributed by atoms with van der Waals surface area (Å²) in [6, 6.07) is -0.907. The smallest absolute Gasteiger partial charge is 0.326 e. The van der Waals surface area contributed by atoms with E-state index in [9.17, 15) is 9.59 Å². The van der Waals surface area contributed by atoms with Crippen LogP contribution in [0.5, 0.6) is 0 Å². The number of urea groups is 1. The van der Waals surface area contributed by atoms with Gasteiger partial charge in [-0.05, 0) is 39.3 Å². The number of nitrogens with zero attached hydrogens (tertiary/aromatic N) is 1. The highest BCUT2D eigenvalue weighted by Crippen LogP contribution is 2.11. The summed E-state index contributed by atoms with van der Waals surface area (Å²) < 4.78 is 0. The average Bonchev–Trinajstić information content (AvgIpc) is 2.45. The molecule has 0 aromatic rings. The quantitative estimate of drug-likeness (QED) is 0.660. The molecule has 1 saturated heterocycles. The molecular weight excluding hydrogens is 258 g/mol. The van der Waals surface area contributed by atoms with Gasteiger partial charge in [-0.25, -0.2) is 9.59 Å². The second-order valence-electron chi connectivity index (χ2n) is 5.48. The molecule has 0 aromatic heterocycles. The van der Waals surface area contributed by atoms with Crippen LogP contribution in [0, 0.1) is 0 Å². The number of carbonyl (C=O) groups is 2. The number of nitrogens with one attached hydrogen (secondary N) is 2. The number of carboxylic acids is 1. The van der Waals surface area contributed by atoms with E-state index in [-0.39, 0.29) is 6.04 Å². The van der Waals surface area contributed by atoms with Gasteiger partial charge in [0.2, 0.25) is 0 Å². The minimum absolute atomic E-state index is 0.288. The zero-order valence-electron chi connectivity index (χ0n) is 12.5. The van der Waals surface area contributed by atoms with Crippen molar-refractivity contribution in [2.45, 2.75) is 58.0 Å². The highest BCUT2D eigenvalue weighted by Gasteiger charge is 2.20. The van der Waals surface area contributed by atoms with Gasteiger partial charge in [-0.15, -0.1) is 0 Å². The molecule has 0 bridgehead atoms. The maximum absolute atomic E-state index is 11.7. The predicted octanol–water partition coefficient (Wildman–Crippen LogP) is 1.41. The first-order chi connectivity index (χ1) is 9.54. The minimum Gasteiger partial charge on any atom is -0.480 e. The summed E-state index contributed by atoms with van der Waals surface area (Å²) in [5, 5.41) is 14.3. The van der Waals surface area contributed by atoms with Crippen LogP contribution in [0.2, 0.25) is 0 Å². The SMILES string of the molecule is CCCC(NC(=O)NCC(C)N1CCCCC1)C(=O)O. The number of aliphatic carboxylic acids is 1. The van der Waals surface area contributed by atoms with Crippen LogP contribution < -0.4 is 10.6 Å². The van der Waals surface area contributed by atoms with Gasteiger partial charge in [-0.3, -0.25) is 4.90 Å². The van der Waals surface area contributed by atoms with Crippen molar-refractivity contribution in [3.8, 4) is 0 Å². The van der Waals surface area contributed by atoms with Crippen LogP contribution in [0.4, 0.5) is 4.79 Å². The maximum atomic E-state index is 11.7. The van der Waals surface area contributed by atoms with Crippen LogP contribution in [-0.4, -0.2) is 53.7 Å². The Morgan fingerprint density at radius 1 is 1.25 bits per heavy atom. The number of hydrogen-bond acceptors (Lipinski definition) is 3. The van der Waals surface area contributed by atoms with E-state index in [1.54, 1.807) is 0 Å². The van der Waals surface area contributed by atoms with Crippen molar-refractivity contribution in [3.63, 3.8) is 0 Å². The van der Waals surface area contributed by atoms with Crippen molar-refractivity contribution in [1.82, 2.24) is 15.5 Å². The summed E-state index contributed by atoms with van der Waals surface area (Å²) in [4.78, 5) is 25.0. The van der Waals surface area contributed by atoms with E-state index < -0.39 is 18.0 Å². The molecule has 1 aliphatic rings. The molecule has 2 unspecified atom stereocenters. The Kier molecular flexibility index (Phi) is 7.36. The zero-order chi connectivity index (χ0) is 15.0. The first-order valence-electron chi connectivity index (χ1n) is 7.55. The Hall–Kier alpha value is -1.30. The lowest BCUT2D eigenvalue weighted by molar-refractivity contribution is -0.139. The largest absolute Gasteiger partial charge is 0.480 e. The lowest BCUT2D eigenvalue weighted by Crippen LogP contribution is -2.50. The second kappa shape index (κ2) is 8.79. The maximum Gasteiger partial charge on any atom is 0.326 e. The first-order valence-corrected chi connectivity index (χ1v) is 7.55. The minimum atomic E-state index is -0.980. The van der Waals surface area contributed by atoms with Gasteiger partial charge in [-0.1, -0.05) is 19.8 Å². The van der Waals surface area contributed by atoms with Crippen molar-refractivity contribution >= 4 is 12.0 Å². The number of rotatable bonds is 7.